The van der Waals surface area contributed by atoms with E-state index < -0.39 is 6.10 Å². The summed E-state index contributed by atoms with van der Waals surface area (Å²) < 4.78 is 0. The third kappa shape index (κ3) is 4.28. The molecule has 5 nitrogen and oxygen atoms in total. The number of pyridine rings is 1. The predicted molar refractivity (Wildman–Crippen MR) is 78.5 cm³/mol. The van der Waals surface area contributed by atoms with Crippen molar-refractivity contribution in [1.82, 2.24) is 10.3 Å². The molecule has 1 saturated carbocycles. The topological polar surface area (TPSA) is 82.5 Å². The summed E-state index contributed by atoms with van der Waals surface area (Å²) in [6.45, 7) is -0.267. The number of rotatable bonds is 2. The van der Waals surface area contributed by atoms with Crippen LogP contribution in [0.1, 0.15) is 48.0 Å². The third-order valence-corrected chi connectivity index (χ3v) is 3.66. The van der Waals surface area contributed by atoms with Crippen molar-refractivity contribution in [2.24, 2.45) is 0 Å². The minimum absolute atomic E-state index is 0.216. The molecule has 3 N–H and O–H groups in total. The average molecular weight is 288 g/mol. The van der Waals surface area contributed by atoms with E-state index in [1.807, 2.05) is 0 Å². The largest absolute Gasteiger partial charge is 0.391 e. The maximum atomic E-state index is 12.4. The summed E-state index contributed by atoms with van der Waals surface area (Å²) >= 11 is 0. The highest BCUT2D eigenvalue weighted by atomic mass is 16.3. The molecule has 0 aliphatic heterocycles. The van der Waals surface area contributed by atoms with E-state index >= 15 is 0 Å². The molecule has 2 atom stereocenters. The minimum Gasteiger partial charge on any atom is -0.391 e. The molecular formula is C16H20N2O3. The molecule has 112 valence electrons. The monoisotopic (exact) mass is 288 g/mol. The van der Waals surface area contributed by atoms with Gasteiger partial charge in [0.2, 0.25) is 0 Å². The number of aliphatic hydroxyl groups is 2. The summed E-state index contributed by atoms with van der Waals surface area (Å²) in [4.78, 5) is 16.3. The first-order valence-corrected chi connectivity index (χ1v) is 7.25. The zero-order valence-corrected chi connectivity index (χ0v) is 11.9. The van der Waals surface area contributed by atoms with Crippen molar-refractivity contribution in [3.8, 4) is 11.8 Å². The number of hydrogen-bond donors (Lipinski definition) is 3. The van der Waals surface area contributed by atoms with Gasteiger partial charge in [-0.05, 0) is 18.9 Å². The molecule has 2 rings (SSSR count). The molecule has 1 aromatic rings. The number of aromatic nitrogens is 1. The predicted octanol–water partition coefficient (Wildman–Crippen LogP) is 0.849. The summed E-state index contributed by atoms with van der Waals surface area (Å²) in [6.07, 6.45) is 7.14. The van der Waals surface area contributed by atoms with Gasteiger partial charge in [0.05, 0.1) is 23.3 Å². The highest BCUT2D eigenvalue weighted by Crippen LogP contribution is 2.18. The summed E-state index contributed by atoms with van der Waals surface area (Å²) in [5.41, 5.74) is 0.898. The Morgan fingerprint density at radius 1 is 1.38 bits per heavy atom. The fourth-order valence-corrected chi connectivity index (χ4v) is 2.53. The zero-order chi connectivity index (χ0) is 15.1. The Kier molecular flexibility index (Phi) is 5.73. The van der Waals surface area contributed by atoms with Crippen molar-refractivity contribution in [2.45, 2.75) is 44.2 Å². The number of carbonyl (C=O) groups excluding carboxylic acids is 1. The second-order valence-corrected chi connectivity index (χ2v) is 5.17. The molecule has 0 bridgehead atoms. The van der Waals surface area contributed by atoms with Crippen LogP contribution in [0.15, 0.2) is 18.5 Å². The van der Waals surface area contributed by atoms with Gasteiger partial charge < -0.3 is 15.5 Å². The molecule has 1 heterocycles. The summed E-state index contributed by atoms with van der Waals surface area (Å²) in [5, 5.41) is 21.7. The van der Waals surface area contributed by atoms with Crippen molar-refractivity contribution >= 4 is 5.91 Å². The third-order valence-electron chi connectivity index (χ3n) is 3.66. The van der Waals surface area contributed by atoms with E-state index in [4.69, 9.17) is 5.11 Å². The normalized spacial score (nSPS) is 21.8. The van der Waals surface area contributed by atoms with Gasteiger partial charge in [-0.2, -0.15) is 0 Å². The molecule has 2 unspecified atom stereocenters. The molecule has 0 saturated heterocycles. The number of nitrogens with zero attached hydrogens (tertiary/aromatic N) is 1. The first kappa shape index (κ1) is 15.5. The van der Waals surface area contributed by atoms with Crippen LogP contribution in [0.25, 0.3) is 0 Å². The van der Waals surface area contributed by atoms with Gasteiger partial charge in [0.25, 0.3) is 5.91 Å². The van der Waals surface area contributed by atoms with Gasteiger partial charge in [-0.15, -0.1) is 0 Å². The first-order chi connectivity index (χ1) is 10.2. The highest BCUT2D eigenvalue weighted by molar-refractivity contribution is 5.96. The Labute approximate surface area is 124 Å². The van der Waals surface area contributed by atoms with Gasteiger partial charge in [-0.1, -0.05) is 31.1 Å². The zero-order valence-electron chi connectivity index (χ0n) is 11.9. The van der Waals surface area contributed by atoms with Gasteiger partial charge >= 0.3 is 0 Å². The molecule has 1 aliphatic rings. The second kappa shape index (κ2) is 7.77. The van der Waals surface area contributed by atoms with Crippen LogP contribution in [0, 0.1) is 11.8 Å². The Morgan fingerprint density at radius 3 is 3.00 bits per heavy atom. The first-order valence-electron chi connectivity index (χ1n) is 7.25. The molecule has 21 heavy (non-hydrogen) atoms. The average Bonchev–Trinajstić information content (AvgIpc) is 2.70. The standard InChI is InChI=1S/C16H20N2O3/c19-10-4-5-12-11-17-9-8-13(12)16(21)18-14-6-2-1-3-7-15(14)20/h8-9,11,14-15,19-20H,1-3,6-7,10H2,(H,18,21). The van der Waals surface area contributed by atoms with E-state index in [-0.39, 0.29) is 18.6 Å². The maximum Gasteiger partial charge on any atom is 0.252 e. The molecule has 0 spiro atoms. The van der Waals surface area contributed by atoms with Crippen molar-refractivity contribution in [1.29, 1.82) is 0 Å². The lowest BCUT2D eigenvalue weighted by Gasteiger charge is -2.22. The van der Waals surface area contributed by atoms with Crippen molar-refractivity contribution in [3.63, 3.8) is 0 Å². The number of hydrogen-bond acceptors (Lipinski definition) is 4. The number of amides is 1. The molecule has 1 amide bonds. The summed E-state index contributed by atoms with van der Waals surface area (Å²) in [5.74, 6) is 4.98. The lowest BCUT2D eigenvalue weighted by atomic mass is 10.0. The van der Waals surface area contributed by atoms with Gasteiger partial charge in [-0.25, -0.2) is 0 Å². The number of nitrogens with one attached hydrogen (secondary N) is 1. The lowest BCUT2D eigenvalue weighted by Crippen LogP contribution is -2.42. The van der Waals surface area contributed by atoms with E-state index in [0.29, 0.717) is 11.1 Å². The van der Waals surface area contributed by atoms with Gasteiger partial charge in [0.15, 0.2) is 0 Å². The van der Waals surface area contributed by atoms with Crippen LogP contribution in [-0.4, -0.2) is 39.9 Å². The van der Waals surface area contributed by atoms with Crippen molar-refractivity contribution < 1.29 is 15.0 Å². The van der Waals surface area contributed by atoms with Crippen molar-refractivity contribution in [3.05, 3.63) is 29.6 Å². The Morgan fingerprint density at radius 2 is 2.19 bits per heavy atom. The maximum absolute atomic E-state index is 12.4. The van der Waals surface area contributed by atoms with E-state index in [9.17, 15) is 9.90 Å². The molecule has 1 fully saturated rings. The van der Waals surface area contributed by atoms with Crippen LogP contribution in [-0.2, 0) is 0 Å². The molecule has 1 aliphatic carbocycles. The Bertz CT molecular complexity index is 548. The van der Waals surface area contributed by atoms with E-state index in [1.165, 1.54) is 12.4 Å². The van der Waals surface area contributed by atoms with Crippen LogP contribution in [0.5, 0.6) is 0 Å². The van der Waals surface area contributed by atoms with Crippen LogP contribution >= 0.6 is 0 Å². The van der Waals surface area contributed by atoms with Crippen LogP contribution < -0.4 is 5.32 Å². The summed E-state index contributed by atoms with van der Waals surface area (Å²) in [7, 11) is 0. The van der Waals surface area contributed by atoms with Crippen LogP contribution in [0.4, 0.5) is 0 Å². The van der Waals surface area contributed by atoms with E-state index in [1.54, 1.807) is 6.07 Å². The SMILES string of the molecule is O=C(NC1CCCCCC1O)c1ccncc1C#CCO. The molecule has 5 heteroatoms. The van der Waals surface area contributed by atoms with Gasteiger partial charge in [-0.3, -0.25) is 9.78 Å². The second-order valence-electron chi connectivity index (χ2n) is 5.17. The fraction of sp³-hybridized carbons (Fsp3) is 0.500. The molecular weight excluding hydrogens is 268 g/mol. The molecule has 0 radical (unpaired) electrons. The Balaban J connectivity index is 2.12. The quantitative estimate of drug-likeness (QED) is 0.556. The van der Waals surface area contributed by atoms with Gasteiger partial charge in [0.1, 0.15) is 6.61 Å². The molecule has 0 aromatic carbocycles. The van der Waals surface area contributed by atoms with Crippen molar-refractivity contribution in [2.75, 3.05) is 6.61 Å². The smallest absolute Gasteiger partial charge is 0.252 e. The Hall–Kier alpha value is -1.90. The van der Waals surface area contributed by atoms with E-state index in [2.05, 4.69) is 22.1 Å². The summed E-state index contributed by atoms with van der Waals surface area (Å²) in [6, 6.07) is 1.38. The number of carbonyl (C=O) groups is 1. The van der Waals surface area contributed by atoms with Crippen LogP contribution in [0.2, 0.25) is 0 Å². The molecule has 1 aromatic heterocycles. The highest BCUT2D eigenvalue weighted by Gasteiger charge is 2.24. The lowest BCUT2D eigenvalue weighted by molar-refractivity contribution is 0.0818. The fourth-order valence-electron chi connectivity index (χ4n) is 2.53. The number of aliphatic hydroxyl groups excluding tert-OH is 2. The van der Waals surface area contributed by atoms with E-state index in [0.717, 1.165) is 32.1 Å². The van der Waals surface area contributed by atoms with Gasteiger partial charge in [0, 0.05) is 12.4 Å². The minimum atomic E-state index is -0.495. The van der Waals surface area contributed by atoms with Crippen LogP contribution in [0.3, 0.4) is 0 Å².